The minimum Gasteiger partial charge on any atom is -0.497 e. The second-order valence-electron chi connectivity index (χ2n) is 8.78. The lowest BCUT2D eigenvalue weighted by atomic mass is 9.74. The first-order valence-corrected chi connectivity index (χ1v) is 10.8. The fourth-order valence-corrected chi connectivity index (χ4v) is 5.08. The maximum absolute atomic E-state index is 13.7. The first kappa shape index (κ1) is 19.8. The number of carbonyl (C=O) groups excluding carboxylic acids is 2. The van der Waals surface area contributed by atoms with Gasteiger partial charge >= 0.3 is 0 Å². The van der Waals surface area contributed by atoms with Gasteiger partial charge in [-0.15, -0.1) is 0 Å². The monoisotopic (exact) mass is 418 g/mol. The SMILES string of the molecule is COc1ccc(C2C3=C(OC4CCC(C)CC4C3=O)C(=O)N2c2cccc(C)n2)cc1. The summed E-state index contributed by atoms with van der Waals surface area (Å²) in [6.07, 6.45) is 2.40. The summed E-state index contributed by atoms with van der Waals surface area (Å²) in [7, 11) is 1.61. The van der Waals surface area contributed by atoms with Gasteiger partial charge in [-0.3, -0.25) is 14.5 Å². The van der Waals surface area contributed by atoms with Crippen molar-refractivity contribution < 1.29 is 19.1 Å². The highest BCUT2D eigenvalue weighted by Gasteiger charge is 2.53. The Morgan fingerprint density at radius 1 is 1.10 bits per heavy atom. The smallest absolute Gasteiger partial charge is 0.295 e. The number of aryl methyl sites for hydroxylation is 1. The van der Waals surface area contributed by atoms with Crippen molar-refractivity contribution in [1.29, 1.82) is 0 Å². The molecule has 0 saturated heterocycles. The second kappa shape index (κ2) is 7.52. The molecule has 3 aliphatic rings. The average Bonchev–Trinajstić information content (AvgIpc) is 3.07. The first-order valence-electron chi connectivity index (χ1n) is 10.8. The van der Waals surface area contributed by atoms with Crippen LogP contribution in [0.15, 0.2) is 53.8 Å². The largest absolute Gasteiger partial charge is 0.497 e. The van der Waals surface area contributed by atoms with E-state index in [1.165, 1.54) is 0 Å². The van der Waals surface area contributed by atoms with Gasteiger partial charge in [0.05, 0.1) is 24.6 Å². The predicted octanol–water partition coefficient (Wildman–Crippen LogP) is 4.14. The molecule has 0 radical (unpaired) electrons. The Balaban J connectivity index is 1.64. The molecule has 1 aromatic heterocycles. The van der Waals surface area contributed by atoms with E-state index in [9.17, 15) is 9.59 Å². The topological polar surface area (TPSA) is 68.7 Å². The predicted molar refractivity (Wildman–Crippen MR) is 116 cm³/mol. The molecule has 160 valence electrons. The molecule has 0 spiro atoms. The van der Waals surface area contributed by atoms with Crippen molar-refractivity contribution in [2.75, 3.05) is 12.0 Å². The zero-order chi connectivity index (χ0) is 21.7. The van der Waals surface area contributed by atoms with Gasteiger partial charge in [-0.25, -0.2) is 4.98 Å². The van der Waals surface area contributed by atoms with E-state index < -0.39 is 6.04 Å². The van der Waals surface area contributed by atoms with Gasteiger partial charge in [-0.1, -0.05) is 25.1 Å². The number of rotatable bonds is 3. The Kier molecular flexibility index (Phi) is 4.80. The number of hydrogen-bond acceptors (Lipinski definition) is 5. The Labute approximate surface area is 181 Å². The number of anilines is 1. The molecule has 31 heavy (non-hydrogen) atoms. The summed E-state index contributed by atoms with van der Waals surface area (Å²) in [5.41, 5.74) is 2.11. The third-order valence-corrected chi connectivity index (χ3v) is 6.66. The maximum Gasteiger partial charge on any atom is 0.295 e. The van der Waals surface area contributed by atoms with Crippen molar-refractivity contribution in [3.05, 3.63) is 65.1 Å². The number of pyridine rings is 1. The third-order valence-electron chi connectivity index (χ3n) is 6.66. The highest BCUT2D eigenvalue weighted by molar-refractivity contribution is 6.17. The zero-order valence-electron chi connectivity index (χ0n) is 18.0. The lowest BCUT2D eigenvalue weighted by molar-refractivity contribution is -0.132. The Bertz CT molecular complexity index is 1080. The van der Waals surface area contributed by atoms with Gasteiger partial charge in [-0.2, -0.15) is 0 Å². The number of nitrogens with zero attached hydrogens (tertiary/aromatic N) is 2. The molecule has 0 N–H and O–H groups in total. The number of methoxy groups -OCH3 is 1. The Morgan fingerprint density at radius 2 is 1.87 bits per heavy atom. The van der Waals surface area contributed by atoms with Gasteiger partial charge in [0.1, 0.15) is 17.7 Å². The summed E-state index contributed by atoms with van der Waals surface area (Å²) in [5, 5.41) is 0. The lowest BCUT2D eigenvalue weighted by Gasteiger charge is -2.37. The molecule has 0 bridgehead atoms. The highest BCUT2D eigenvalue weighted by atomic mass is 16.5. The van der Waals surface area contributed by atoms with Crippen LogP contribution < -0.4 is 9.64 Å². The number of benzene rings is 1. The summed E-state index contributed by atoms with van der Waals surface area (Å²) >= 11 is 0. The van der Waals surface area contributed by atoms with Crippen molar-refractivity contribution in [2.45, 2.75) is 45.3 Å². The van der Waals surface area contributed by atoms with E-state index in [1.54, 1.807) is 18.1 Å². The van der Waals surface area contributed by atoms with E-state index in [4.69, 9.17) is 9.47 Å². The standard InChI is InChI=1S/C25H26N2O4/c1-14-7-12-19-18(13-14)23(28)21-22(16-8-10-17(30-3)11-9-16)27(25(29)24(21)31-19)20-6-4-5-15(2)26-20/h4-6,8-11,14,18-19,22H,7,12-13H2,1-3H3. The van der Waals surface area contributed by atoms with Crippen LogP contribution in [0.5, 0.6) is 5.75 Å². The van der Waals surface area contributed by atoms with Crippen molar-refractivity contribution in [3.8, 4) is 5.75 Å². The van der Waals surface area contributed by atoms with Crippen molar-refractivity contribution in [2.24, 2.45) is 11.8 Å². The number of Topliss-reactive ketones (excluding diaryl/α,β-unsaturated/α-hetero) is 1. The lowest BCUT2D eigenvalue weighted by Crippen LogP contribution is -2.41. The van der Waals surface area contributed by atoms with Gasteiger partial charge in [0, 0.05) is 5.69 Å². The van der Waals surface area contributed by atoms with Crippen LogP contribution in [-0.2, 0) is 14.3 Å². The van der Waals surface area contributed by atoms with E-state index in [0.29, 0.717) is 17.3 Å². The Morgan fingerprint density at radius 3 is 2.58 bits per heavy atom. The van der Waals surface area contributed by atoms with Gasteiger partial charge in [0.15, 0.2) is 11.5 Å². The normalized spacial score (nSPS) is 27.6. The molecule has 1 aliphatic carbocycles. The zero-order valence-corrected chi connectivity index (χ0v) is 18.0. The molecule has 2 aromatic rings. The number of ether oxygens (including phenoxy) is 2. The first-order chi connectivity index (χ1) is 15.0. The molecular formula is C25H26N2O4. The number of hydrogen-bond donors (Lipinski definition) is 0. The Hall–Kier alpha value is -3.15. The van der Waals surface area contributed by atoms with E-state index in [2.05, 4.69) is 11.9 Å². The van der Waals surface area contributed by atoms with Crippen molar-refractivity contribution >= 4 is 17.5 Å². The quantitative estimate of drug-likeness (QED) is 0.749. The summed E-state index contributed by atoms with van der Waals surface area (Å²) in [5.74, 6) is 1.47. The molecule has 1 aromatic carbocycles. The second-order valence-corrected chi connectivity index (χ2v) is 8.78. The third kappa shape index (κ3) is 3.21. The van der Waals surface area contributed by atoms with Crippen LogP contribution in [0.4, 0.5) is 5.82 Å². The molecular weight excluding hydrogens is 392 g/mol. The van der Waals surface area contributed by atoms with Crippen LogP contribution >= 0.6 is 0 Å². The van der Waals surface area contributed by atoms with E-state index in [-0.39, 0.29) is 29.5 Å². The summed E-state index contributed by atoms with van der Waals surface area (Å²) in [4.78, 5) is 33.5. The van der Waals surface area contributed by atoms with Crippen molar-refractivity contribution in [3.63, 3.8) is 0 Å². The van der Waals surface area contributed by atoms with Crippen LogP contribution in [0.1, 0.15) is 43.5 Å². The molecule has 2 aliphatic heterocycles. The number of fused-ring (bicyclic) bond motifs is 1. The van der Waals surface area contributed by atoms with Crippen molar-refractivity contribution in [1.82, 2.24) is 4.98 Å². The maximum atomic E-state index is 13.7. The molecule has 6 heteroatoms. The molecule has 1 fully saturated rings. The fourth-order valence-electron chi connectivity index (χ4n) is 5.08. The fraction of sp³-hybridized carbons (Fsp3) is 0.400. The minimum absolute atomic E-state index is 0.0436. The molecule has 5 rings (SSSR count). The number of carbonyl (C=O) groups is 2. The minimum atomic E-state index is -0.562. The number of amides is 1. The number of ketones is 1. The molecule has 6 nitrogen and oxygen atoms in total. The molecule has 4 atom stereocenters. The number of aromatic nitrogens is 1. The van der Waals surface area contributed by atoms with Crippen LogP contribution in [0, 0.1) is 18.8 Å². The van der Waals surface area contributed by atoms with Crippen LogP contribution in [0.3, 0.4) is 0 Å². The van der Waals surface area contributed by atoms with E-state index >= 15 is 0 Å². The molecule has 1 saturated carbocycles. The van der Waals surface area contributed by atoms with E-state index in [1.807, 2.05) is 43.3 Å². The summed E-state index contributed by atoms with van der Waals surface area (Å²) < 4.78 is 11.5. The van der Waals surface area contributed by atoms with E-state index in [0.717, 1.165) is 36.3 Å². The van der Waals surface area contributed by atoms with Gasteiger partial charge in [0.25, 0.3) is 5.91 Å². The molecule has 4 unspecified atom stereocenters. The highest BCUT2D eigenvalue weighted by Crippen LogP contribution is 2.48. The van der Waals surface area contributed by atoms with Crippen LogP contribution in [0.2, 0.25) is 0 Å². The van der Waals surface area contributed by atoms with Crippen LogP contribution in [0.25, 0.3) is 0 Å². The summed E-state index contributed by atoms with van der Waals surface area (Å²) in [6.45, 7) is 4.06. The van der Waals surface area contributed by atoms with Gasteiger partial charge in [-0.05, 0) is 61.9 Å². The molecule has 3 heterocycles. The molecule has 1 amide bonds. The average molecular weight is 418 g/mol. The van der Waals surface area contributed by atoms with Crippen LogP contribution in [-0.4, -0.2) is 29.9 Å². The van der Waals surface area contributed by atoms with Gasteiger partial charge in [0.2, 0.25) is 0 Å². The summed E-state index contributed by atoms with van der Waals surface area (Å²) in [6, 6.07) is 12.5. The van der Waals surface area contributed by atoms with Gasteiger partial charge < -0.3 is 9.47 Å².